The van der Waals surface area contributed by atoms with Crippen molar-refractivity contribution in [3.63, 3.8) is 0 Å². The summed E-state index contributed by atoms with van der Waals surface area (Å²) in [6.07, 6.45) is 2.24. The molecule has 0 saturated heterocycles. The number of nitrogens with zero attached hydrogens (tertiary/aromatic N) is 1. The summed E-state index contributed by atoms with van der Waals surface area (Å²) in [5.41, 5.74) is 2.85. The standard InChI is InChI=1S/C29H29NO5S/c1-32-26-14-13-22-11-7-8-12-25(22)29(26)36(31)30-19-24-18-28(34-3)27(33-2)17-23(24)15-16-35-20-21-9-5-4-6-10-21/h4-14,17-19H,15-16,20H2,1-3H3/b30-19+/t36-/m0/s1. The van der Waals surface area contributed by atoms with Gasteiger partial charge in [-0.2, -0.15) is 4.40 Å². The van der Waals surface area contributed by atoms with Crippen LogP contribution in [0.3, 0.4) is 0 Å². The lowest BCUT2D eigenvalue weighted by Gasteiger charge is -2.13. The number of ether oxygens (including phenoxy) is 4. The van der Waals surface area contributed by atoms with Crippen molar-refractivity contribution in [2.75, 3.05) is 27.9 Å². The third-order valence-corrected chi connectivity index (χ3v) is 6.87. The van der Waals surface area contributed by atoms with Crippen LogP contribution in [-0.2, 0) is 28.8 Å². The van der Waals surface area contributed by atoms with Crippen molar-refractivity contribution in [3.8, 4) is 17.2 Å². The number of benzene rings is 4. The molecule has 4 aromatic rings. The summed E-state index contributed by atoms with van der Waals surface area (Å²) < 4.78 is 40.2. The monoisotopic (exact) mass is 503 g/mol. The first-order chi connectivity index (χ1) is 17.6. The SMILES string of the molecule is COc1cc(/C=N/[S@@](=O)c2c(OC)ccc3ccccc23)c(CCOCc2ccccc2)cc1OC. The molecule has 0 aliphatic rings. The van der Waals surface area contributed by atoms with E-state index in [1.165, 1.54) is 0 Å². The summed E-state index contributed by atoms with van der Waals surface area (Å²) in [6.45, 7) is 1.04. The highest BCUT2D eigenvalue weighted by Gasteiger charge is 2.15. The van der Waals surface area contributed by atoms with Crippen LogP contribution in [-0.4, -0.2) is 38.4 Å². The average Bonchev–Trinajstić information content (AvgIpc) is 2.93. The largest absolute Gasteiger partial charge is 0.495 e. The van der Waals surface area contributed by atoms with E-state index in [1.54, 1.807) is 27.5 Å². The third-order valence-electron chi connectivity index (χ3n) is 5.80. The first kappa shape index (κ1) is 25.4. The highest BCUT2D eigenvalue weighted by molar-refractivity contribution is 7.84. The number of fused-ring (bicyclic) bond motifs is 1. The van der Waals surface area contributed by atoms with Gasteiger partial charge in [0.1, 0.15) is 10.6 Å². The Morgan fingerprint density at radius 2 is 1.50 bits per heavy atom. The van der Waals surface area contributed by atoms with Crippen LogP contribution in [0.1, 0.15) is 16.7 Å². The van der Waals surface area contributed by atoms with Crippen molar-refractivity contribution in [2.24, 2.45) is 4.40 Å². The number of rotatable bonds is 11. The number of hydrogen-bond acceptors (Lipinski definition) is 5. The van der Waals surface area contributed by atoms with Crippen molar-refractivity contribution in [1.29, 1.82) is 0 Å². The lowest BCUT2D eigenvalue weighted by molar-refractivity contribution is 0.124. The van der Waals surface area contributed by atoms with Crippen LogP contribution in [0, 0.1) is 0 Å². The van der Waals surface area contributed by atoms with E-state index in [0.717, 1.165) is 27.5 Å². The van der Waals surface area contributed by atoms with Gasteiger partial charge in [0, 0.05) is 17.2 Å². The molecule has 0 N–H and O–H groups in total. The Balaban J connectivity index is 1.60. The topological polar surface area (TPSA) is 66.4 Å². The fourth-order valence-electron chi connectivity index (χ4n) is 3.94. The Morgan fingerprint density at radius 1 is 0.806 bits per heavy atom. The van der Waals surface area contributed by atoms with E-state index in [1.807, 2.05) is 78.9 Å². The molecule has 0 unspecified atom stereocenters. The Bertz CT molecular complexity index is 1370. The zero-order valence-electron chi connectivity index (χ0n) is 20.6. The maximum Gasteiger partial charge on any atom is 0.176 e. The van der Waals surface area contributed by atoms with E-state index in [9.17, 15) is 4.21 Å². The van der Waals surface area contributed by atoms with Crippen LogP contribution in [0.2, 0.25) is 0 Å². The van der Waals surface area contributed by atoms with Crippen LogP contribution < -0.4 is 14.2 Å². The second kappa shape index (κ2) is 12.3. The third kappa shape index (κ3) is 5.93. The van der Waals surface area contributed by atoms with Gasteiger partial charge in [-0.3, -0.25) is 0 Å². The Labute approximate surface area is 214 Å². The maximum absolute atomic E-state index is 13.4. The summed E-state index contributed by atoms with van der Waals surface area (Å²) >= 11 is 0. The highest BCUT2D eigenvalue weighted by Crippen LogP contribution is 2.33. The smallest absolute Gasteiger partial charge is 0.176 e. The summed E-state index contributed by atoms with van der Waals surface area (Å²) in [4.78, 5) is 0.542. The molecular formula is C29H29NO5S. The van der Waals surface area contributed by atoms with Gasteiger partial charge >= 0.3 is 0 Å². The summed E-state index contributed by atoms with van der Waals surface area (Å²) in [7, 11) is 3.07. The minimum atomic E-state index is -1.69. The molecular weight excluding hydrogens is 474 g/mol. The molecule has 7 heteroatoms. The van der Waals surface area contributed by atoms with E-state index in [0.29, 0.717) is 41.8 Å². The van der Waals surface area contributed by atoms with E-state index in [4.69, 9.17) is 18.9 Å². The second-order valence-electron chi connectivity index (χ2n) is 8.00. The molecule has 4 rings (SSSR count). The lowest BCUT2D eigenvalue weighted by atomic mass is 10.0. The van der Waals surface area contributed by atoms with Crippen LogP contribution in [0.25, 0.3) is 10.8 Å². The van der Waals surface area contributed by atoms with Gasteiger partial charge in [-0.25, -0.2) is 4.21 Å². The van der Waals surface area contributed by atoms with Gasteiger partial charge in [-0.05, 0) is 41.1 Å². The van der Waals surface area contributed by atoms with Gasteiger partial charge < -0.3 is 18.9 Å². The van der Waals surface area contributed by atoms with Gasteiger partial charge in [0.2, 0.25) is 0 Å². The molecule has 4 aromatic carbocycles. The van der Waals surface area contributed by atoms with Gasteiger partial charge in [0.15, 0.2) is 22.5 Å². The molecule has 1 atom stereocenters. The zero-order valence-corrected chi connectivity index (χ0v) is 21.4. The van der Waals surface area contributed by atoms with Crippen molar-refractivity contribution in [1.82, 2.24) is 0 Å². The molecule has 36 heavy (non-hydrogen) atoms. The van der Waals surface area contributed by atoms with Crippen LogP contribution in [0.15, 0.2) is 88.2 Å². The summed E-state index contributed by atoms with van der Waals surface area (Å²) in [6, 6.07) is 25.3. The van der Waals surface area contributed by atoms with Crippen molar-refractivity contribution < 1.29 is 23.2 Å². The van der Waals surface area contributed by atoms with Crippen molar-refractivity contribution >= 4 is 28.0 Å². The molecule has 0 aliphatic carbocycles. The summed E-state index contributed by atoms with van der Waals surface area (Å²) in [5.74, 6) is 1.72. The molecule has 6 nitrogen and oxygen atoms in total. The Morgan fingerprint density at radius 3 is 2.25 bits per heavy atom. The second-order valence-corrected chi connectivity index (χ2v) is 9.11. The molecule has 0 aromatic heterocycles. The lowest BCUT2D eigenvalue weighted by Crippen LogP contribution is -2.04. The van der Waals surface area contributed by atoms with Gasteiger partial charge in [-0.1, -0.05) is 60.7 Å². The first-order valence-electron chi connectivity index (χ1n) is 11.5. The molecule has 0 fully saturated rings. The van der Waals surface area contributed by atoms with E-state index in [2.05, 4.69) is 4.40 Å². The van der Waals surface area contributed by atoms with Crippen LogP contribution in [0.4, 0.5) is 0 Å². The molecule has 0 aliphatic heterocycles. The molecule has 0 heterocycles. The highest BCUT2D eigenvalue weighted by atomic mass is 32.2. The predicted molar refractivity (Wildman–Crippen MR) is 144 cm³/mol. The van der Waals surface area contributed by atoms with E-state index >= 15 is 0 Å². The van der Waals surface area contributed by atoms with Gasteiger partial charge in [-0.15, -0.1) is 0 Å². The summed E-state index contributed by atoms with van der Waals surface area (Å²) in [5, 5.41) is 1.81. The molecule has 0 radical (unpaired) electrons. The molecule has 0 bridgehead atoms. The maximum atomic E-state index is 13.4. The average molecular weight is 504 g/mol. The van der Waals surface area contributed by atoms with Crippen molar-refractivity contribution in [3.05, 3.63) is 95.6 Å². The molecule has 0 spiro atoms. The van der Waals surface area contributed by atoms with Crippen molar-refractivity contribution in [2.45, 2.75) is 17.9 Å². The zero-order chi connectivity index (χ0) is 25.3. The predicted octanol–water partition coefficient (Wildman–Crippen LogP) is 5.77. The Kier molecular flexibility index (Phi) is 8.71. The minimum absolute atomic E-state index is 0.505. The first-order valence-corrected chi connectivity index (χ1v) is 12.6. The quantitative estimate of drug-likeness (QED) is 0.192. The fraction of sp³-hybridized carbons (Fsp3) is 0.207. The molecule has 0 amide bonds. The van der Waals surface area contributed by atoms with Gasteiger partial charge in [0.25, 0.3) is 0 Å². The fourth-order valence-corrected chi connectivity index (χ4v) is 4.95. The Hall–Kier alpha value is -3.68. The number of hydrogen-bond donors (Lipinski definition) is 0. The normalized spacial score (nSPS) is 12.1. The molecule has 0 saturated carbocycles. The van der Waals surface area contributed by atoms with Crippen LogP contribution >= 0.6 is 0 Å². The van der Waals surface area contributed by atoms with E-state index < -0.39 is 11.0 Å². The molecule has 186 valence electrons. The van der Waals surface area contributed by atoms with E-state index in [-0.39, 0.29) is 0 Å². The number of methoxy groups -OCH3 is 3. The minimum Gasteiger partial charge on any atom is -0.495 e. The van der Waals surface area contributed by atoms with Crippen LogP contribution in [0.5, 0.6) is 17.2 Å². The van der Waals surface area contributed by atoms with Gasteiger partial charge in [0.05, 0.1) is 34.5 Å².